The fourth-order valence-electron chi connectivity index (χ4n) is 0.915. The Labute approximate surface area is 73.5 Å². The topological polar surface area (TPSA) is 26.0 Å². The Morgan fingerprint density at radius 3 is 2.73 bits per heavy atom. The Bertz CT molecular complexity index is 273. The van der Waals surface area contributed by atoms with Gasteiger partial charge in [-0.05, 0) is 34.0 Å². The first-order chi connectivity index (χ1) is 5.16. The fourth-order valence-corrected chi connectivity index (χ4v) is 1.30. The summed E-state index contributed by atoms with van der Waals surface area (Å²) in [4.78, 5) is 0. The van der Waals surface area contributed by atoms with Gasteiger partial charge in [-0.1, -0.05) is 13.0 Å². The Morgan fingerprint density at radius 1 is 1.55 bits per heavy atom. The molecule has 0 amide bonds. The molecule has 2 N–H and O–H groups in total. The highest BCUT2D eigenvalue weighted by molar-refractivity contribution is 9.10. The lowest BCUT2D eigenvalue weighted by atomic mass is 10.1. The third-order valence-electron chi connectivity index (χ3n) is 1.60. The van der Waals surface area contributed by atoms with E-state index in [1.807, 2.05) is 6.92 Å². The van der Waals surface area contributed by atoms with Gasteiger partial charge < -0.3 is 5.73 Å². The first kappa shape index (κ1) is 8.53. The number of rotatable bonds is 1. The third kappa shape index (κ3) is 1.53. The van der Waals surface area contributed by atoms with Crippen LogP contribution in [0.2, 0.25) is 0 Å². The molecule has 0 aliphatic heterocycles. The van der Waals surface area contributed by atoms with Gasteiger partial charge in [-0.2, -0.15) is 0 Å². The van der Waals surface area contributed by atoms with Crippen LogP contribution in [0.25, 0.3) is 0 Å². The molecule has 0 saturated heterocycles. The van der Waals surface area contributed by atoms with E-state index in [1.54, 1.807) is 6.07 Å². The molecular formula is C8H9BrFN. The zero-order chi connectivity index (χ0) is 8.43. The molecule has 0 aliphatic rings. The average Bonchev–Trinajstić information content (AvgIpc) is 2.01. The van der Waals surface area contributed by atoms with E-state index in [0.29, 0.717) is 10.2 Å². The van der Waals surface area contributed by atoms with Gasteiger partial charge in [0.05, 0.1) is 10.2 Å². The van der Waals surface area contributed by atoms with E-state index in [2.05, 4.69) is 15.9 Å². The van der Waals surface area contributed by atoms with Crippen molar-refractivity contribution in [3.63, 3.8) is 0 Å². The molecule has 0 unspecified atom stereocenters. The van der Waals surface area contributed by atoms with Crippen LogP contribution in [-0.4, -0.2) is 0 Å². The lowest BCUT2D eigenvalue weighted by Crippen LogP contribution is -1.95. The highest BCUT2D eigenvalue weighted by Gasteiger charge is 2.05. The molecule has 0 heterocycles. The van der Waals surface area contributed by atoms with Crippen LogP contribution >= 0.6 is 15.9 Å². The van der Waals surface area contributed by atoms with Crippen LogP contribution in [0.4, 0.5) is 10.1 Å². The quantitative estimate of drug-likeness (QED) is 0.720. The minimum Gasteiger partial charge on any atom is -0.398 e. The largest absolute Gasteiger partial charge is 0.398 e. The van der Waals surface area contributed by atoms with Gasteiger partial charge in [-0.15, -0.1) is 0 Å². The summed E-state index contributed by atoms with van der Waals surface area (Å²) < 4.78 is 13.1. The molecular weight excluding hydrogens is 209 g/mol. The summed E-state index contributed by atoms with van der Waals surface area (Å²) in [5.74, 6) is -0.306. The summed E-state index contributed by atoms with van der Waals surface area (Å²) in [6, 6.07) is 3.12. The van der Waals surface area contributed by atoms with Gasteiger partial charge in [-0.25, -0.2) is 4.39 Å². The molecule has 0 saturated carbocycles. The molecule has 0 bridgehead atoms. The Kier molecular flexibility index (Phi) is 2.49. The van der Waals surface area contributed by atoms with Crippen LogP contribution in [0.15, 0.2) is 16.6 Å². The van der Waals surface area contributed by atoms with Crippen molar-refractivity contribution in [2.75, 3.05) is 5.73 Å². The lowest BCUT2D eigenvalue weighted by Gasteiger charge is -2.04. The van der Waals surface area contributed by atoms with Gasteiger partial charge in [-0.3, -0.25) is 0 Å². The number of halogens is 2. The van der Waals surface area contributed by atoms with Crippen molar-refractivity contribution in [2.45, 2.75) is 13.3 Å². The van der Waals surface area contributed by atoms with Gasteiger partial charge >= 0.3 is 0 Å². The van der Waals surface area contributed by atoms with Crippen molar-refractivity contribution in [2.24, 2.45) is 0 Å². The standard InChI is InChI=1S/C8H9BrFN/c1-2-5-3-4-6(10)7(9)8(5)11/h3-4H,2,11H2,1H3. The van der Waals surface area contributed by atoms with Crippen molar-refractivity contribution in [1.82, 2.24) is 0 Å². The number of benzene rings is 1. The monoisotopic (exact) mass is 217 g/mol. The number of hydrogen-bond donors (Lipinski definition) is 1. The first-order valence-corrected chi connectivity index (χ1v) is 4.18. The van der Waals surface area contributed by atoms with Crippen LogP contribution in [-0.2, 0) is 6.42 Å². The maximum Gasteiger partial charge on any atom is 0.139 e. The van der Waals surface area contributed by atoms with E-state index in [0.717, 1.165) is 12.0 Å². The van der Waals surface area contributed by atoms with Crippen molar-refractivity contribution in [3.05, 3.63) is 28.0 Å². The van der Waals surface area contributed by atoms with E-state index in [1.165, 1.54) is 6.07 Å². The maximum absolute atomic E-state index is 12.8. The summed E-state index contributed by atoms with van der Waals surface area (Å²) in [7, 11) is 0. The molecule has 0 aromatic heterocycles. The lowest BCUT2D eigenvalue weighted by molar-refractivity contribution is 0.621. The number of hydrogen-bond acceptors (Lipinski definition) is 1. The minimum atomic E-state index is -0.306. The van der Waals surface area contributed by atoms with E-state index in [9.17, 15) is 4.39 Å². The normalized spacial score (nSPS) is 10.1. The van der Waals surface area contributed by atoms with Crippen LogP contribution in [0.1, 0.15) is 12.5 Å². The van der Waals surface area contributed by atoms with Gasteiger partial charge in [0.15, 0.2) is 0 Å². The molecule has 0 atom stereocenters. The van der Waals surface area contributed by atoms with Gasteiger partial charge in [0.1, 0.15) is 5.82 Å². The van der Waals surface area contributed by atoms with E-state index in [4.69, 9.17) is 5.73 Å². The molecule has 1 aromatic carbocycles. The van der Waals surface area contributed by atoms with Crippen LogP contribution < -0.4 is 5.73 Å². The van der Waals surface area contributed by atoms with Gasteiger partial charge in [0.2, 0.25) is 0 Å². The van der Waals surface area contributed by atoms with Crippen molar-refractivity contribution < 1.29 is 4.39 Å². The second-order valence-corrected chi connectivity index (χ2v) is 3.08. The first-order valence-electron chi connectivity index (χ1n) is 3.39. The number of nitrogens with two attached hydrogens (primary N) is 1. The molecule has 0 aliphatic carbocycles. The van der Waals surface area contributed by atoms with E-state index < -0.39 is 0 Å². The Hall–Kier alpha value is -0.570. The van der Waals surface area contributed by atoms with Crippen LogP contribution in [0, 0.1) is 5.82 Å². The average molecular weight is 218 g/mol. The Balaban J connectivity index is 3.25. The molecule has 0 spiro atoms. The number of aryl methyl sites for hydroxylation is 1. The zero-order valence-corrected chi connectivity index (χ0v) is 7.78. The molecule has 1 nitrogen and oxygen atoms in total. The van der Waals surface area contributed by atoms with Gasteiger partial charge in [0, 0.05) is 0 Å². The van der Waals surface area contributed by atoms with E-state index in [-0.39, 0.29) is 5.82 Å². The molecule has 3 heteroatoms. The smallest absolute Gasteiger partial charge is 0.139 e. The van der Waals surface area contributed by atoms with Crippen molar-refractivity contribution in [1.29, 1.82) is 0 Å². The Morgan fingerprint density at radius 2 is 2.18 bits per heavy atom. The molecule has 60 valence electrons. The van der Waals surface area contributed by atoms with Crippen LogP contribution in [0.5, 0.6) is 0 Å². The summed E-state index contributed by atoms with van der Waals surface area (Å²) in [6.45, 7) is 1.98. The van der Waals surface area contributed by atoms with E-state index >= 15 is 0 Å². The predicted molar refractivity (Wildman–Crippen MR) is 47.9 cm³/mol. The molecule has 1 rings (SSSR count). The predicted octanol–water partition coefficient (Wildman–Crippen LogP) is 2.73. The summed E-state index contributed by atoms with van der Waals surface area (Å²) in [6.07, 6.45) is 0.824. The molecule has 0 fully saturated rings. The summed E-state index contributed by atoms with van der Waals surface area (Å²) in [5, 5.41) is 0. The second kappa shape index (κ2) is 3.22. The van der Waals surface area contributed by atoms with Crippen LogP contribution in [0.3, 0.4) is 0 Å². The number of nitrogen functional groups attached to an aromatic ring is 1. The maximum atomic E-state index is 12.8. The molecule has 1 aromatic rings. The fraction of sp³-hybridized carbons (Fsp3) is 0.250. The second-order valence-electron chi connectivity index (χ2n) is 2.29. The highest BCUT2D eigenvalue weighted by Crippen LogP contribution is 2.26. The third-order valence-corrected chi connectivity index (χ3v) is 2.41. The SMILES string of the molecule is CCc1ccc(F)c(Br)c1N. The summed E-state index contributed by atoms with van der Waals surface area (Å²) in [5.41, 5.74) is 7.08. The van der Waals surface area contributed by atoms with Crippen molar-refractivity contribution in [3.8, 4) is 0 Å². The van der Waals surface area contributed by atoms with Crippen molar-refractivity contribution >= 4 is 21.6 Å². The zero-order valence-electron chi connectivity index (χ0n) is 6.20. The summed E-state index contributed by atoms with van der Waals surface area (Å²) >= 11 is 3.07. The number of anilines is 1. The molecule has 11 heavy (non-hydrogen) atoms. The van der Waals surface area contributed by atoms with Gasteiger partial charge in [0.25, 0.3) is 0 Å². The molecule has 0 radical (unpaired) electrons. The minimum absolute atomic E-state index is 0.306. The highest BCUT2D eigenvalue weighted by atomic mass is 79.9.